The Morgan fingerprint density at radius 3 is 2.27 bits per heavy atom. The van der Waals surface area contributed by atoms with Gasteiger partial charge in [0.15, 0.2) is 12.7 Å². The molecule has 2 aromatic carbocycles. The van der Waals surface area contributed by atoms with Crippen LogP contribution in [0, 0.1) is 6.92 Å². The van der Waals surface area contributed by atoms with Crippen molar-refractivity contribution in [3.63, 3.8) is 0 Å². The fourth-order valence-corrected chi connectivity index (χ4v) is 5.05. The molecule has 3 rings (SSSR count). The van der Waals surface area contributed by atoms with E-state index >= 15 is 0 Å². The van der Waals surface area contributed by atoms with Gasteiger partial charge in [0, 0.05) is 23.0 Å². The molecule has 0 bridgehead atoms. The zero-order chi connectivity index (χ0) is 26.3. The first kappa shape index (κ1) is 29.0. The highest BCUT2D eigenvalue weighted by Gasteiger charge is 2.09. The average molecular weight is 543 g/mol. The number of nitrogens with one attached hydrogen (secondary N) is 2. The molecular weight excluding hydrogens is 502 g/mol. The van der Waals surface area contributed by atoms with Gasteiger partial charge in [-0.05, 0) is 37.6 Å². The van der Waals surface area contributed by atoms with Gasteiger partial charge in [-0.2, -0.15) is 4.57 Å². The highest BCUT2D eigenvalue weighted by atomic mass is 35.5. The minimum Gasteiger partial charge on any atom is -0.492 e. The number of urea groups is 1. The molecule has 37 heavy (non-hydrogen) atoms. The fourth-order valence-electron chi connectivity index (χ4n) is 4.24. The Kier molecular flexibility index (Phi) is 12.8. The van der Waals surface area contributed by atoms with Crippen LogP contribution in [0.4, 0.5) is 16.2 Å². The van der Waals surface area contributed by atoms with Gasteiger partial charge in [-0.1, -0.05) is 99.8 Å². The van der Waals surface area contributed by atoms with Gasteiger partial charge in [0.2, 0.25) is 5.51 Å². The molecule has 7 heteroatoms. The monoisotopic (exact) mass is 542 g/mol. The van der Waals surface area contributed by atoms with Crippen molar-refractivity contribution in [2.45, 2.75) is 84.6 Å². The van der Waals surface area contributed by atoms with Crippen LogP contribution in [0.15, 0.2) is 54.2 Å². The lowest BCUT2D eigenvalue weighted by atomic mass is 10.1. The number of thiazole rings is 1. The summed E-state index contributed by atoms with van der Waals surface area (Å²) in [6, 6.07) is 12.9. The summed E-state index contributed by atoms with van der Waals surface area (Å²) in [5.41, 5.74) is 4.60. The van der Waals surface area contributed by atoms with Gasteiger partial charge in [-0.25, -0.2) is 4.79 Å². The second-order valence-corrected chi connectivity index (χ2v) is 11.1. The number of aromatic nitrogens is 1. The number of amides is 2. The van der Waals surface area contributed by atoms with Crippen molar-refractivity contribution < 1.29 is 14.1 Å². The number of rotatable bonds is 16. The molecule has 0 aliphatic rings. The van der Waals surface area contributed by atoms with Gasteiger partial charge in [0.1, 0.15) is 5.75 Å². The van der Waals surface area contributed by atoms with E-state index in [1.165, 1.54) is 56.2 Å². The molecule has 0 aliphatic carbocycles. The number of unbranched alkanes of at least 4 members (excludes halogenated alkanes) is 9. The Morgan fingerprint density at radius 2 is 1.59 bits per heavy atom. The van der Waals surface area contributed by atoms with E-state index in [-0.39, 0.29) is 6.03 Å². The van der Waals surface area contributed by atoms with E-state index in [1.807, 2.05) is 18.2 Å². The van der Waals surface area contributed by atoms with E-state index in [9.17, 15) is 4.79 Å². The van der Waals surface area contributed by atoms with E-state index < -0.39 is 0 Å². The third-order valence-electron chi connectivity index (χ3n) is 6.22. The Hall–Kier alpha value is -2.57. The molecule has 2 amide bonds. The first-order valence-corrected chi connectivity index (χ1v) is 14.8. The van der Waals surface area contributed by atoms with Crippen LogP contribution >= 0.6 is 22.9 Å². The van der Waals surface area contributed by atoms with Crippen LogP contribution in [0.5, 0.6) is 5.75 Å². The molecule has 0 saturated heterocycles. The van der Waals surface area contributed by atoms with Crippen molar-refractivity contribution in [1.29, 1.82) is 0 Å². The van der Waals surface area contributed by atoms with E-state index in [0.29, 0.717) is 23.1 Å². The number of carbonyl (C=O) groups is 1. The third kappa shape index (κ3) is 11.1. The Labute approximate surface area is 231 Å². The predicted octanol–water partition coefficient (Wildman–Crippen LogP) is 8.99. The van der Waals surface area contributed by atoms with Crippen LogP contribution in [-0.4, -0.2) is 12.6 Å². The normalized spacial score (nSPS) is 10.9. The van der Waals surface area contributed by atoms with Crippen LogP contribution in [0.2, 0.25) is 5.02 Å². The van der Waals surface area contributed by atoms with Crippen LogP contribution in [0.3, 0.4) is 0 Å². The second kappa shape index (κ2) is 16.3. The van der Waals surface area contributed by atoms with E-state index in [1.54, 1.807) is 29.5 Å². The number of anilines is 2. The molecular formula is C30H41ClN3O2S+. The summed E-state index contributed by atoms with van der Waals surface area (Å²) in [7, 11) is 0. The maximum absolute atomic E-state index is 12.6. The summed E-state index contributed by atoms with van der Waals surface area (Å²) in [4.78, 5) is 13.9. The number of ether oxygens (including phenoxy) is 1. The number of carbonyl (C=O) groups excluding carboxylic acids is 1. The molecule has 0 unspecified atom stereocenters. The second-order valence-electron chi connectivity index (χ2n) is 9.59. The fraction of sp³-hybridized carbons (Fsp3) is 0.467. The van der Waals surface area contributed by atoms with Crippen LogP contribution < -0.4 is 19.9 Å². The smallest absolute Gasteiger partial charge is 0.323 e. The van der Waals surface area contributed by atoms with Gasteiger partial charge >= 0.3 is 6.03 Å². The summed E-state index contributed by atoms with van der Waals surface area (Å²) in [6.07, 6.45) is 15.0. The number of nitrogens with zero attached hydrogens (tertiary/aromatic N) is 1. The van der Waals surface area contributed by atoms with Crippen molar-refractivity contribution in [1.82, 2.24) is 0 Å². The van der Waals surface area contributed by atoms with E-state index in [2.05, 4.69) is 46.8 Å². The summed E-state index contributed by atoms with van der Waals surface area (Å²) in [5, 5.41) is 6.35. The summed E-state index contributed by atoms with van der Waals surface area (Å²) in [6.45, 7) is 5.74. The van der Waals surface area contributed by atoms with Crippen molar-refractivity contribution >= 4 is 40.3 Å². The minimum absolute atomic E-state index is 0.306. The lowest BCUT2D eigenvalue weighted by Gasteiger charge is -2.12. The Balaban J connectivity index is 1.38. The van der Waals surface area contributed by atoms with Crippen LogP contribution in [-0.2, 0) is 6.54 Å². The number of aryl methyl sites for hydroxylation is 1. The lowest BCUT2D eigenvalue weighted by molar-refractivity contribution is -0.683. The Bertz CT molecular complexity index is 1100. The SMILES string of the molecule is CCCCCCCCCCCCOc1cc(NC(=O)Nc2cccc(C[n+]3csc(C)c3)c2)ccc1Cl. The van der Waals surface area contributed by atoms with Crippen molar-refractivity contribution in [2.24, 2.45) is 0 Å². The molecule has 0 radical (unpaired) electrons. The lowest BCUT2D eigenvalue weighted by Crippen LogP contribution is -2.30. The van der Waals surface area contributed by atoms with E-state index in [0.717, 1.165) is 30.6 Å². The van der Waals surface area contributed by atoms with E-state index in [4.69, 9.17) is 16.3 Å². The molecule has 5 nitrogen and oxygen atoms in total. The molecule has 0 spiro atoms. The van der Waals surface area contributed by atoms with Crippen molar-refractivity contribution in [3.8, 4) is 5.75 Å². The molecule has 3 aromatic rings. The standard InChI is InChI=1S/C30H40ClN3O2S/c1-3-4-5-6-7-8-9-10-11-12-18-36-29-20-27(16-17-28(29)31)33-30(35)32-26-15-13-14-25(19-26)22-34-21-24(2)37-23-34/h13-17,19-21,23H,3-12,18,22H2,1-2H3,(H-,32,33,35)/p+1. The third-order valence-corrected chi connectivity index (χ3v) is 7.38. The molecule has 1 aromatic heterocycles. The number of hydrogen-bond acceptors (Lipinski definition) is 3. The molecule has 1 heterocycles. The molecule has 200 valence electrons. The molecule has 0 fully saturated rings. The van der Waals surface area contributed by atoms with Gasteiger partial charge in [-0.15, -0.1) is 0 Å². The van der Waals surface area contributed by atoms with Crippen LogP contribution in [0.25, 0.3) is 0 Å². The average Bonchev–Trinajstić information content (AvgIpc) is 3.28. The molecule has 2 N–H and O–H groups in total. The highest BCUT2D eigenvalue weighted by Crippen LogP contribution is 2.28. The Morgan fingerprint density at radius 1 is 0.919 bits per heavy atom. The van der Waals surface area contributed by atoms with Crippen molar-refractivity contribution in [2.75, 3.05) is 17.2 Å². The summed E-state index contributed by atoms with van der Waals surface area (Å²) >= 11 is 8.04. The number of hydrogen-bond donors (Lipinski definition) is 2. The molecule has 0 aliphatic heterocycles. The van der Waals surface area contributed by atoms with Gasteiger partial charge in [-0.3, -0.25) is 0 Å². The quantitative estimate of drug-likeness (QED) is 0.140. The topological polar surface area (TPSA) is 54.2 Å². The number of benzene rings is 2. The van der Waals surface area contributed by atoms with Crippen molar-refractivity contribution in [3.05, 3.63) is 69.6 Å². The molecule has 0 saturated carbocycles. The predicted molar refractivity (Wildman–Crippen MR) is 156 cm³/mol. The van der Waals surface area contributed by atoms with Gasteiger partial charge < -0.3 is 15.4 Å². The summed E-state index contributed by atoms with van der Waals surface area (Å²) in [5.74, 6) is 0.598. The van der Waals surface area contributed by atoms with Gasteiger partial charge in [0.25, 0.3) is 0 Å². The zero-order valence-electron chi connectivity index (χ0n) is 22.2. The molecule has 0 atom stereocenters. The zero-order valence-corrected chi connectivity index (χ0v) is 23.8. The largest absolute Gasteiger partial charge is 0.492 e. The van der Waals surface area contributed by atoms with Crippen LogP contribution in [0.1, 0.15) is 81.6 Å². The summed E-state index contributed by atoms with van der Waals surface area (Å²) < 4.78 is 8.06. The first-order valence-electron chi connectivity index (χ1n) is 13.6. The maximum Gasteiger partial charge on any atom is 0.323 e. The number of halogens is 1. The first-order chi connectivity index (χ1) is 18.0. The van der Waals surface area contributed by atoms with Gasteiger partial charge in [0.05, 0.1) is 16.5 Å². The maximum atomic E-state index is 12.6. The minimum atomic E-state index is -0.306. The highest BCUT2D eigenvalue weighted by molar-refractivity contribution is 7.09.